The standard InChI is InChI=1S/C36H54N4O4/c1-24-30-20-28(36(30,3)4)21-31(24)37-35(43)34-33(25(2)42)32(23-41)44-40(34)22-27-13-10-14-29(19-27)39(18-17-38(5)6)16-15-26-11-8-7-9-12-26/h7-14,19,24-25,28,30-34,41-42H,15-18,20-23H2,1-6H3,(H,37,43)/t24?,25-,28+,30-,31?,32-,33+,34-/m0/s1. The highest BCUT2D eigenvalue weighted by Crippen LogP contribution is 2.61. The zero-order chi connectivity index (χ0) is 31.6. The lowest BCUT2D eigenvalue weighted by molar-refractivity contribution is -0.183. The van der Waals surface area contributed by atoms with Crippen molar-refractivity contribution in [3.05, 3.63) is 65.7 Å². The second-order valence-corrected chi connectivity index (χ2v) is 14.4. The number of hydrogen-bond donors (Lipinski definition) is 3. The van der Waals surface area contributed by atoms with Crippen LogP contribution < -0.4 is 10.2 Å². The molecule has 8 nitrogen and oxygen atoms in total. The Morgan fingerprint density at radius 1 is 1.07 bits per heavy atom. The number of fused-ring (bicyclic) bond motifs is 2. The Hall–Kier alpha value is -2.49. The van der Waals surface area contributed by atoms with Gasteiger partial charge in [-0.3, -0.25) is 9.63 Å². The van der Waals surface area contributed by atoms with E-state index in [1.807, 2.05) is 6.07 Å². The van der Waals surface area contributed by atoms with E-state index in [4.69, 9.17) is 4.84 Å². The Kier molecular flexibility index (Phi) is 10.4. The second-order valence-electron chi connectivity index (χ2n) is 14.4. The maximum absolute atomic E-state index is 14.0. The van der Waals surface area contributed by atoms with Gasteiger partial charge in [-0.25, -0.2) is 0 Å². The molecule has 6 rings (SSSR count). The molecule has 4 aliphatic rings. The van der Waals surface area contributed by atoms with E-state index >= 15 is 0 Å². The van der Waals surface area contributed by atoms with Gasteiger partial charge in [-0.05, 0) is 86.7 Å². The molecular weight excluding hydrogens is 552 g/mol. The fourth-order valence-electron chi connectivity index (χ4n) is 8.12. The van der Waals surface area contributed by atoms with Gasteiger partial charge in [0.25, 0.3) is 0 Å². The summed E-state index contributed by atoms with van der Waals surface area (Å²) in [7, 11) is 4.19. The van der Waals surface area contributed by atoms with Crippen molar-refractivity contribution in [2.45, 2.75) is 77.8 Å². The quantitative estimate of drug-likeness (QED) is 0.318. The lowest BCUT2D eigenvalue weighted by Gasteiger charge is -2.62. The van der Waals surface area contributed by atoms with E-state index in [9.17, 15) is 15.0 Å². The Labute approximate surface area is 264 Å². The minimum absolute atomic E-state index is 0.113. The van der Waals surface area contributed by atoms with Gasteiger partial charge in [-0.2, -0.15) is 5.06 Å². The van der Waals surface area contributed by atoms with Crippen LogP contribution in [0.5, 0.6) is 0 Å². The van der Waals surface area contributed by atoms with Gasteiger partial charge in [-0.1, -0.05) is 63.2 Å². The van der Waals surface area contributed by atoms with Crippen LogP contribution in [0.2, 0.25) is 0 Å². The molecular formula is C36H54N4O4. The predicted molar refractivity (Wildman–Crippen MR) is 175 cm³/mol. The molecule has 3 saturated carbocycles. The summed E-state index contributed by atoms with van der Waals surface area (Å²) in [5.74, 6) is 0.988. The molecule has 1 heterocycles. The van der Waals surface area contributed by atoms with Crippen molar-refractivity contribution in [2.24, 2.45) is 29.1 Å². The maximum Gasteiger partial charge on any atom is 0.240 e. The van der Waals surface area contributed by atoms with Crippen LogP contribution in [0.25, 0.3) is 0 Å². The Balaban J connectivity index is 1.33. The van der Waals surface area contributed by atoms with Crippen molar-refractivity contribution in [3.63, 3.8) is 0 Å². The van der Waals surface area contributed by atoms with Crippen LogP contribution in [-0.2, 0) is 22.6 Å². The molecule has 2 bridgehead atoms. The monoisotopic (exact) mass is 606 g/mol. The molecule has 8 atom stereocenters. The van der Waals surface area contributed by atoms with Crippen molar-refractivity contribution in [1.82, 2.24) is 15.3 Å². The first-order chi connectivity index (χ1) is 21.0. The summed E-state index contributed by atoms with van der Waals surface area (Å²) >= 11 is 0. The zero-order valence-corrected chi connectivity index (χ0v) is 27.5. The number of rotatable bonds is 13. The fourth-order valence-corrected chi connectivity index (χ4v) is 8.12. The van der Waals surface area contributed by atoms with E-state index in [1.54, 1.807) is 12.0 Å². The topological polar surface area (TPSA) is 88.5 Å². The van der Waals surface area contributed by atoms with Crippen LogP contribution in [0.4, 0.5) is 5.69 Å². The molecule has 242 valence electrons. The number of anilines is 1. The van der Waals surface area contributed by atoms with Crippen molar-refractivity contribution in [3.8, 4) is 0 Å². The van der Waals surface area contributed by atoms with E-state index < -0.39 is 24.2 Å². The number of benzene rings is 2. The number of likely N-dealkylation sites (N-methyl/N-ethyl adjacent to an activating group) is 1. The Bertz CT molecular complexity index is 1240. The molecule has 1 saturated heterocycles. The summed E-state index contributed by atoms with van der Waals surface area (Å²) in [5, 5.41) is 26.1. The Morgan fingerprint density at radius 2 is 1.80 bits per heavy atom. The van der Waals surface area contributed by atoms with E-state index in [1.165, 1.54) is 12.0 Å². The average Bonchev–Trinajstić information content (AvgIpc) is 3.37. The highest BCUT2D eigenvalue weighted by atomic mass is 16.7. The molecule has 1 aliphatic heterocycles. The molecule has 8 heteroatoms. The summed E-state index contributed by atoms with van der Waals surface area (Å²) in [4.78, 5) is 24.9. The van der Waals surface area contributed by atoms with E-state index in [0.29, 0.717) is 29.7 Å². The van der Waals surface area contributed by atoms with Crippen LogP contribution in [0.1, 0.15) is 51.7 Å². The van der Waals surface area contributed by atoms with Gasteiger partial charge in [0.15, 0.2) is 0 Å². The zero-order valence-electron chi connectivity index (χ0n) is 27.5. The molecule has 3 aliphatic carbocycles. The van der Waals surface area contributed by atoms with Gasteiger partial charge in [-0.15, -0.1) is 0 Å². The third-order valence-electron chi connectivity index (χ3n) is 11.0. The lowest BCUT2D eigenvalue weighted by atomic mass is 9.45. The average molecular weight is 607 g/mol. The van der Waals surface area contributed by atoms with Crippen molar-refractivity contribution in [2.75, 3.05) is 45.2 Å². The normalized spacial score (nSPS) is 30.2. The second kappa shape index (κ2) is 13.9. The first kappa shape index (κ1) is 32.9. The van der Waals surface area contributed by atoms with Crippen LogP contribution in [0.15, 0.2) is 54.6 Å². The minimum Gasteiger partial charge on any atom is -0.394 e. The van der Waals surface area contributed by atoms with Crippen molar-refractivity contribution < 1.29 is 19.8 Å². The Morgan fingerprint density at radius 3 is 2.43 bits per heavy atom. The first-order valence-corrected chi connectivity index (χ1v) is 16.5. The van der Waals surface area contributed by atoms with Gasteiger partial charge in [0.2, 0.25) is 5.91 Å². The van der Waals surface area contributed by atoms with E-state index in [2.05, 4.69) is 98.5 Å². The van der Waals surface area contributed by atoms with Gasteiger partial charge in [0.05, 0.1) is 19.3 Å². The maximum atomic E-state index is 14.0. The molecule has 0 radical (unpaired) electrons. The van der Waals surface area contributed by atoms with Gasteiger partial charge in [0.1, 0.15) is 12.1 Å². The third-order valence-corrected chi connectivity index (χ3v) is 11.0. The number of amides is 1. The highest BCUT2D eigenvalue weighted by molar-refractivity contribution is 5.82. The molecule has 2 aromatic rings. The van der Waals surface area contributed by atoms with E-state index in [-0.39, 0.29) is 18.6 Å². The summed E-state index contributed by atoms with van der Waals surface area (Å²) in [6.45, 7) is 11.5. The third kappa shape index (κ3) is 7.00. The summed E-state index contributed by atoms with van der Waals surface area (Å²) in [6, 6.07) is 18.4. The first-order valence-electron chi connectivity index (χ1n) is 16.5. The molecule has 0 aromatic heterocycles. The lowest BCUT2D eigenvalue weighted by Crippen LogP contribution is -2.62. The minimum atomic E-state index is -0.810. The number of nitrogens with one attached hydrogen (secondary N) is 1. The molecule has 2 unspecified atom stereocenters. The highest BCUT2D eigenvalue weighted by Gasteiger charge is 2.57. The van der Waals surface area contributed by atoms with Gasteiger partial charge in [0, 0.05) is 37.3 Å². The number of hydroxylamine groups is 2. The molecule has 1 amide bonds. The molecule has 3 N–H and O–H groups in total. The number of aliphatic hydroxyl groups excluding tert-OH is 2. The molecule has 44 heavy (non-hydrogen) atoms. The number of hydrogen-bond acceptors (Lipinski definition) is 7. The van der Waals surface area contributed by atoms with Crippen LogP contribution in [-0.4, -0.2) is 90.7 Å². The van der Waals surface area contributed by atoms with E-state index in [0.717, 1.165) is 43.7 Å². The molecule has 4 fully saturated rings. The summed E-state index contributed by atoms with van der Waals surface area (Å²) < 4.78 is 0. The summed E-state index contributed by atoms with van der Waals surface area (Å²) in [5.41, 5.74) is 3.79. The largest absolute Gasteiger partial charge is 0.394 e. The smallest absolute Gasteiger partial charge is 0.240 e. The number of aliphatic hydroxyl groups is 2. The predicted octanol–water partition coefficient (Wildman–Crippen LogP) is 3.96. The summed E-state index contributed by atoms with van der Waals surface area (Å²) in [6.07, 6.45) is 1.72. The van der Waals surface area contributed by atoms with Crippen molar-refractivity contribution in [1.29, 1.82) is 0 Å². The number of carbonyl (C=O) groups is 1. The van der Waals surface area contributed by atoms with Gasteiger partial charge < -0.3 is 25.3 Å². The van der Waals surface area contributed by atoms with Gasteiger partial charge >= 0.3 is 0 Å². The molecule has 0 spiro atoms. The number of carbonyl (C=O) groups excluding carboxylic acids is 1. The molecule has 2 aromatic carbocycles. The number of nitrogens with zero attached hydrogens (tertiary/aromatic N) is 3. The van der Waals surface area contributed by atoms with Crippen molar-refractivity contribution >= 4 is 11.6 Å². The SMILES string of the molecule is CC1C(NC(=O)[C@@H]2[C@H]([C@H](C)O)[C@H](CO)ON2Cc2cccc(N(CCc3ccccc3)CCN(C)C)c2)C[C@H]2C[C@@H]1C2(C)C. The fraction of sp³-hybridized carbons (Fsp3) is 0.639. The van der Waals surface area contributed by atoms with Crippen LogP contribution in [0.3, 0.4) is 0 Å². The van der Waals surface area contributed by atoms with Crippen LogP contribution in [0, 0.1) is 29.1 Å². The van der Waals surface area contributed by atoms with Crippen LogP contribution >= 0.6 is 0 Å².